The van der Waals surface area contributed by atoms with Gasteiger partial charge in [0.2, 0.25) is 5.91 Å². The highest BCUT2D eigenvalue weighted by molar-refractivity contribution is 7.90. The second-order valence-corrected chi connectivity index (χ2v) is 8.44. The van der Waals surface area contributed by atoms with Crippen molar-refractivity contribution in [1.82, 2.24) is 5.32 Å². The number of sulfone groups is 1. The van der Waals surface area contributed by atoms with E-state index in [2.05, 4.69) is 5.32 Å². The van der Waals surface area contributed by atoms with Gasteiger partial charge in [0.15, 0.2) is 9.84 Å². The van der Waals surface area contributed by atoms with E-state index in [1.54, 1.807) is 24.3 Å². The third-order valence-corrected chi connectivity index (χ3v) is 5.76. The topological polar surface area (TPSA) is 63.2 Å². The van der Waals surface area contributed by atoms with E-state index >= 15 is 0 Å². The molecule has 134 valence electrons. The van der Waals surface area contributed by atoms with Gasteiger partial charge >= 0.3 is 0 Å². The minimum atomic E-state index is -3.47. The summed E-state index contributed by atoms with van der Waals surface area (Å²) >= 11 is 11.8. The van der Waals surface area contributed by atoms with E-state index in [-0.39, 0.29) is 29.5 Å². The molecule has 0 aliphatic carbocycles. The number of hydrogen-bond acceptors (Lipinski definition) is 3. The molecule has 0 bridgehead atoms. The zero-order valence-electron chi connectivity index (χ0n) is 13.1. The maximum atomic E-state index is 13.0. The molecule has 0 unspecified atom stereocenters. The van der Waals surface area contributed by atoms with E-state index in [9.17, 15) is 17.6 Å². The molecule has 25 heavy (non-hydrogen) atoms. The van der Waals surface area contributed by atoms with Gasteiger partial charge in [0, 0.05) is 23.0 Å². The van der Waals surface area contributed by atoms with Crippen LogP contribution in [-0.2, 0) is 26.9 Å². The molecule has 0 saturated carbocycles. The van der Waals surface area contributed by atoms with Crippen molar-refractivity contribution in [2.75, 3.05) is 5.75 Å². The molecule has 0 radical (unpaired) electrons. The third kappa shape index (κ3) is 6.30. The Morgan fingerprint density at radius 3 is 2.44 bits per heavy atom. The Morgan fingerprint density at radius 1 is 1.04 bits per heavy atom. The third-order valence-electron chi connectivity index (χ3n) is 3.46. The SMILES string of the molecule is O=C(CCS(=O)(=O)Cc1ccccc1Cl)NCc1ccc(F)cc1Cl. The molecule has 0 heterocycles. The van der Waals surface area contributed by atoms with Crippen LogP contribution >= 0.6 is 23.2 Å². The second-order valence-electron chi connectivity index (χ2n) is 5.45. The van der Waals surface area contributed by atoms with Crippen molar-refractivity contribution in [3.8, 4) is 0 Å². The molecular weight excluding hydrogens is 388 g/mol. The van der Waals surface area contributed by atoms with Crippen LogP contribution < -0.4 is 5.32 Å². The van der Waals surface area contributed by atoms with Gasteiger partial charge in [-0.1, -0.05) is 47.5 Å². The molecule has 1 N–H and O–H groups in total. The van der Waals surface area contributed by atoms with E-state index in [1.807, 2.05) is 0 Å². The van der Waals surface area contributed by atoms with Crippen LogP contribution in [0.4, 0.5) is 4.39 Å². The number of hydrogen-bond donors (Lipinski definition) is 1. The first-order valence-electron chi connectivity index (χ1n) is 7.41. The van der Waals surface area contributed by atoms with Gasteiger partial charge in [-0.15, -0.1) is 0 Å². The molecule has 0 aliphatic rings. The lowest BCUT2D eigenvalue weighted by atomic mass is 10.2. The van der Waals surface area contributed by atoms with E-state index in [4.69, 9.17) is 23.2 Å². The summed E-state index contributed by atoms with van der Waals surface area (Å²) < 4.78 is 37.2. The van der Waals surface area contributed by atoms with Crippen LogP contribution in [0.3, 0.4) is 0 Å². The molecular formula is C17H16Cl2FNO3S. The summed E-state index contributed by atoms with van der Waals surface area (Å²) in [4.78, 5) is 11.8. The fraction of sp³-hybridized carbons (Fsp3) is 0.235. The second kappa shape index (κ2) is 8.65. The first-order chi connectivity index (χ1) is 11.8. The minimum absolute atomic E-state index is 0.0997. The number of nitrogens with one attached hydrogen (secondary N) is 1. The Bertz CT molecular complexity index is 872. The zero-order chi connectivity index (χ0) is 18.4. The zero-order valence-corrected chi connectivity index (χ0v) is 15.5. The monoisotopic (exact) mass is 403 g/mol. The molecule has 0 aliphatic heterocycles. The van der Waals surface area contributed by atoms with Crippen LogP contribution in [0, 0.1) is 5.82 Å². The molecule has 0 atom stereocenters. The number of amides is 1. The van der Waals surface area contributed by atoms with Crippen molar-refractivity contribution >= 4 is 38.9 Å². The Morgan fingerprint density at radius 2 is 1.76 bits per heavy atom. The highest BCUT2D eigenvalue weighted by atomic mass is 35.5. The molecule has 2 aromatic carbocycles. The normalized spacial score (nSPS) is 11.3. The van der Waals surface area contributed by atoms with E-state index in [0.29, 0.717) is 16.1 Å². The molecule has 0 fully saturated rings. The summed E-state index contributed by atoms with van der Waals surface area (Å²) in [7, 11) is -3.47. The van der Waals surface area contributed by atoms with Gasteiger partial charge in [-0.05, 0) is 29.3 Å². The predicted molar refractivity (Wildman–Crippen MR) is 96.8 cm³/mol. The maximum Gasteiger partial charge on any atom is 0.221 e. The van der Waals surface area contributed by atoms with Crippen LogP contribution in [-0.4, -0.2) is 20.1 Å². The van der Waals surface area contributed by atoms with Crippen LogP contribution in [0.1, 0.15) is 17.5 Å². The number of carbonyl (C=O) groups is 1. The first kappa shape index (κ1) is 19.7. The highest BCUT2D eigenvalue weighted by Gasteiger charge is 2.16. The lowest BCUT2D eigenvalue weighted by Crippen LogP contribution is -2.25. The van der Waals surface area contributed by atoms with Gasteiger partial charge in [-0.3, -0.25) is 4.79 Å². The van der Waals surface area contributed by atoms with E-state index < -0.39 is 21.6 Å². The molecule has 0 spiro atoms. The fourth-order valence-electron chi connectivity index (χ4n) is 2.12. The lowest BCUT2D eigenvalue weighted by molar-refractivity contribution is -0.120. The quantitative estimate of drug-likeness (QED) is 0.765. The number of benzene rings is 2. The highest BCUT2D eigenvalue weighted by Crippen LogP contribution is 2.19. The lowest BCUT2D eigenvalue weighted by Gasteiger charge is -2.08. The molecule has 4 nitrogen and oxygen atoms in total. The standard InChI is InChI=1S/C17H16Cl2FNO3S/c18-15-4-2-1-3-13(15)11-25(23,24)8-7-17(22)21-10-12-5-6-14(20)9-16(12)19/h1-6,9H,7-8,10-11H2,(H,21,22). The first-order valence-corrected chi connectivity index (χ1v) is 9.99. The van der Waals surface area contributed by atoms with Crippen molar-refractivity contribution in [3.63, 3.8) is 0 Å². The van der Waals surface area contributed by atoms with Crippen LogP contribution in [0.2, 0.25) is 10.0 Å². The van der Waals surface area contributed by atoms with Crippen molar-refractivity contribution in [1.29, 1.82) is 0 Å². The van der Waals surface area contributed by atoms with Gasteiger partial charge in [0.25, 0.3) is 0 Å². The average Bonchev–Trinajstić information content (AvgIpc) is 2.54. The minimum Gasteiger partial charge on any atom is -0.352 e. The largest absolute Gasteiger partial charge is 0.352 e. The van der Waals surface area contributed by atoms with Crippen molar-refractivity contribution in [2.24, 2.45) is 0 Å². The summed E-state index contributed by atoms with van der Waals surface area (Å²) in [6.45, 7) is 0.0997. The van der Waals surface area contributed by atoms with Gasteiger partial charge in [-0.25, -0.2) is 12.8 Å². The Hall–Kier alpha value is -1.63. The summed E-state index contributed by atoms with van der Waals surface area (Å²) in [5.41, 5.74) is 1.05. The van der Waals surface area contributed by atoms with Crippen LogP contribution in [0.5, 0.6) is 0 Å². The van der Waals surface area contributed by atoms with Gasteiger partial charge < -0.3 is 5.32 Å². The fourth-order valence-corrected chi connectivity index (χ4v) is 4.00. The summed E-state index contributed by atoms with van der Waals surface area (Å²) in [5, 5.41) is 3.15. The molecule has 2 aromatic rings. The van der Waals surface area contributed by atoms with Crippen molar-refractivity contribution in [2.45, 2.75) is 18.7 Å². The summed E-state index contributed by atoms with van der Waals surface area (Å²) in [5.74, 6) is -1.40. The number of rotatable bonds is 7. The molecule has 1 amide bonds. The van der Waals surface area contributed by atoms with Crippen molar-refractivity contribution < 1.29 is 17.6 Å². The predicted octanol–water partition coefficient (Wildman–Crippen LogP) is 3.75. The van der Waals surface area contributed by atoms with Gasteiger partial charge in [0.1, 0.15) is 5.82 Å². The molecule has 8 heteroatoms. The van der Waals surface area contributed by atoms with Crippen LogP contribution in [0.25, 0.3) is 0 Å². The van der Waals surface area contributed by atoms with Crippen LogP contribution in [0.15, 0.2) is 42.5 Å². The van der Waals surface area contributed by atoms with Crippen molar-refractivity contribution in [3.05, 3.63) is 69.5 Å². The Kier molecular flexibility index (Phi) is 6.81. The van der Waals surface area contributed by atoms with E-state index in [0.717, 1.165) is 6.07 Å². The van der Waals surface area contributed by atoms with Gasteiger partial charge in [0.05, 0.1) is 11.5 Å². The average molecular weight is 404 g/mol. The summed E-state index contributed by atoms with van der Waals surface area (Å²) in [6, 6.07) is 10.5. The molecule has 2 rings (SSSR count). The smallest absolute Gasteiger partial charge is 0.221 e. The van der Waals surface area contributed by atoms with E-state index in [1.165, 1.54) is 12.1 Å². The number of halogens is 3. The van der Waals surface area contributed by atoms with Gasteiger partial charge in [-0.2, -0.15) is 0 Å². The maximum absolute atomic E-state index is 13.0. The Balaban J connectivity index is 1.85. The number of carbonyl (C=O) groups excluding carboxylic acids is 1. The molecule has 0 saturated heterocycles. The Labute approximate surface area is 155 Å². The molecule has 0 aromatic heterocycles. The summed E-state index contributed by atoms with van der Waals surface area (Å²) in [6.07, 6.45) is -0.175.